The van der Waals surface area contributed by atoms with Crippen molar-refractivity contribution in [1.29, 1.82) is 0 Å². The van der Waals surface area contributed by atoms with Gasteiger partial charge < -0.3 is 19.7 Å². The normalized spacial score (nSPS) is 11.7. The van der Waals surface area contributed by atoms with Gasteiger partial charge in [0.1, 0.15) is 11.5 Å². The van der Waals surface area contributed by atoms with Crippen LogP contribution in [0.5, 0.6) is 11.5 Å². The second-order valence-electron chi connectivity index (χ2n) is 7.10. The largest absolute Gasteiger partial charge is 0.497 e. The molecule has 0 aliphatic heterocycles. The fourth-order valence-electron chi connectivity index (χ4n) is 3.40. The molecule has 1 aromatic heterocycles. The van der Waals surface area contributed by atoms with Crippen molar-refractivity contribution < 1.29 is 9.47 Å². The van der Waals surface area contributed by atoms with Crippen molar-refractivity contribution in [2.75, 3.05) is 25.7 Å². The fraction of sp³-hybridized carbons (Fsp3) is 0.333. The molecule has 0 saturated carbocycles. The van der Waals surface area contributed by atoms with Gasteiger partial charge in [-0.3, -0.25) is 4.98 Å². The highest BCUT2D eigenvalue weighted by molar-refractivity contribution is 5.47. The molecule has 0 fully saturated rings. The molecule has 1 heterocycles. The Bertz CT molecular complexity index is 864. The number of nitrogens with one attached hydrogen (secondary N) is 1. The number of nitrogens with zero attached hydrogens (tertiary/aromatic N) is 3. The molecule has 30 heavy (non-hydrogen) atoms. The average molecular weight is 407 g/mol. The number of aromatic nitrogens is 2. The maximum Gasteiger partial charge on any atom is 0.152 e. The molecule has 0 unspecified atom stereocenters. The topological polar surface area (TPSA) is 59.5 Å². The molecule has 2 aromatic carbocycles. The number of anilines is 1. The van der Waals surface area contributed by atoms with E-state index in [1.165, 1.54) is 11.1 Å². The molecule has 0 saturated heterocycles. The smallest absolute Gasteiger partial charge is 0.152 e. The zero-order valence-electron chi connectivity index (χ0n) is 18.1. The Morgan fingerprint density at radius 3 is 1.80 bits per heavy atom. The molecule has 0 radical (unpaired) electrons. The molecule has 0 bridgehead atoms. The highest BCUT2D eigenvalue weighted by atomic mass is 16.5. The Hall–Kier alpha value is -3.12. The van der Waals surface area contributed by atoms with E-state index < -0.39 is 0 Å². The quantitative estimate of drug-likeness (QED) is 0.539. The molecular formula is C24H30N4O2. The Morgan fingerprint density at radius 2 is 1.33 bits per heavy atom. The highest BCUT2D eigenvalue weighted by Crippen LogP contribution is 2.26. The van der Waals surface area contributed by atoms with Gasteiger partial charge in [-0.1, -0.05) is 31.2 Å². The lowest BCUT2D eigenvalue weighted by atomic mass is 10.1. The number of benzene rings is 2. The molecule has 1 atom stereocenters. The van der Waals surface area contributed by atoms with Gasteiger partial charge >= 0.3 is 0 Å². The first-order valence-electron chi connectivity index (χ1n) is 10.2. The van der Waals surface area contributed by atoms with Gasteiger partial charge in [-0.2, -0.15) is 0 Å². The summed E-state index contributed by atoms with van der Waals surface area (Å²) >= 11 is 0. The van der Waals surface area contributed by atoms with E-state index in [2.05, 4.69) is 53.3 Å². The summed E-state index contributed by atoms with van der Waals surface area (Å²) in [5.41, 5.74) is 3.30. The van der Waals surface area contributed by atoms with Gasteiger partial charge in [-0.25, -0.2) is 4.98 Å². The summed E-state index contributed by atoms with van der Waals surface area (Å²) in [6.45, 7) is 6.50. The molecule has 1 N–H and O–H groups in total. The summed E-state index contributed by atoms with van der Waals surface area (Å²) in [5.74, 6) is 2.58. The van der Waals surface area contributed by atoms with Crippen LogP contribution in [0.3, 0.4) is 0 Å². The number of rotatable bonds is 10. The van der Waals surface area contributed by atoms with E-state index in [0.29, 0.717) is 13.1 Å². The van der Waals surface area contributed by atoms with Crippen molar-refractivity contribution in [2.45, 2.75) is 33.0 Å². The Morgan fingerprint density at radius 1 is 0.833 bits per heavy atom. The third kappa shape index (κ3) is 5.48. The second kappa shape index (κ2) is 10.6. The summed E-state index contributed by atoms with van der Waals surface area (Å²) in [6, 6.07) is 16.4. The summed E-state index contributed by atoms with van der Waals surface area (Å²) in [6.07, 6.45) is 3.51. The van der Waals surface area contributed by atoms with E-state index in [9.17, 15) is 0 Å². The lowest BCUT2D eigenvalue weighted by Gasteiger charge is -2.27. The first-order chi connectivity index (χ1) is 14.6. The standard InChI is InChI=1S/C24H30N4O2/c1-5-25-18(2)23-24(27-15-14-26-23)28(16-19-6-10-21(29-3)11-7-19)17-20-8-12-22(30-4)13-9-20/h6-15,18,25H,5,16-17H2,1-4H3/t18-/m1/s1. The first kappa shape index (κ1) is 21.6. The molecule has 0 aliphatic rings. The van der Waals surface area contributed by atoms with Gasteiger partial charge in [0.05, 0.1) is 26.0 Å². The molecule has 0 spiro atoms. The zero-order valence-corrected chi connectivity index (χ0v) is 18.1. The predicted molar refractivity (Wildman–Crippen MR) is 120 cm³/mol. The van der Waals surface area contributed by atoms with E-state index in [1.54, 1.807) is 26.6 Å². The van der Waals surface area contributed by atoms with Gasteiger partial charge in [0.25, 0.3) is 0 Å². The minimum Gasteiger partial charge on any atom is -0.497 e. The maximum absolute atomic E-state index is 5.30. The van der Waals surface area contributed by atoms with E-state index >= 15 is 0 Å². The molecule has 0 aliphatic carbocycles. The van der Waals surface area contributed by atoms with Crippen LogP contribution >= 0.6 is 0 Å². The molecule has 3 rings (SSSR count). The van der Waals surface area contributed by atoms with Crippen LogP contribution in [0.1, 0.15) is 36.7 Å². The van der Waals surface area contributed by atoms with Crippen LogP contribution in [0.4, 0.5) is 5.82 Å². The molecule has 3 aromatic rings. The van der Waals surface area contributed by atoms with Gasteiger partial charge in [-0.05, 0) is 48.9 Å². The van der Waals surface area contributed by atoms with Crippen molar-refractivity contribution in [1.82, 2.24) is 15.3 Å². The minimum atomic E-state index is 0.105. The lowest BCUT2D eigenvalue weighted by molar-refractivity contribution is 0.414. The van der Waals surface area contributed by atoms with Crippen molar-refractivity contribution in [2.24, 2.45) is 0 Å². The summed E-state index contributed by atoms with van der Waals surface area (Å²) in [4.78, 5) is 11.6. The van der Waals surface area contributed by atoms with Gasteiger partial charge in [0.15, 0.2) is 5.82 Å². The molecule has 6 heteroatoms. The first-order valence-corrected chi connectivity index (χ1v) is 10.2. The monoisotopic (exact) mass is 406 g/mol. The molecule has 158 valence electrons. The van der Waals surface area contributed by atoms with Crippen LogP contribution in [0, 0.1) is 0 Å². The van der Waals surface area contributed by atoms with Crippen molar-refractivity contribution in [3.8, 4) is 11.5 Å². The SMILES string of the molecule is CCN[C@H](C)c1nccnc1N(Cc1ccc(OC)cc1)Cc1ccc(OC)cc1. The molecule has 6 nitrogen and oxygen atoms in total. The van der Waals surface area contributed by atoms with Crippen LogP contribution in [-0.2, 0) is 13.1 Å². The Kier molecular flexibility index (Phi) is 7.63. The van der Waals surface area contributed by atoms with E-state index in [4.69, 9.17) is 14.5 Å². The minimum absolute atomic E-state index is 0.105. The van der Waals surface area contributed by atoms with E-state index in [0.717, 1.165) is 29.6 Å². The third-order valence-electron chi connectivity index (χ3n) is 4.99. The van der Waals surface area contributed by atoms with Gasteiger partial charge in [-0.15, -0.1) is 0 Å². The fourth-order valence-corrected chi connectivity index (χ4v) is 3.40. The van der Waals surface area contributed by atoms with Crippen molar-refractivity contribution in [3.63, 3.8) is 0 Å². The summed E-state index contributed by atoms with van der Waals surface area (Å²) < 4.78 is 10.6. The second-order valence-corrected chi connectivity index (χ2v) is 7.10. The third-order valence-corrected chi connectivity index (χ3v) is 4.99. The van der Waals surface area contributed by atoms with Crippen LogP contribution in [0.25, 0.3) is 0 Å². The Labute approximate surface area is 178 Å². The van der Waals surface area contributed by atoms with E-state index in [-0.39, 0.29) is 6.04 Å². The van der Waals surface area contributed by atoms with Gasteiger partial charge in [0.2, 0.25) is 0 Å². The highest BCUT2D eigenvalue weighted by Gasteiger charge is 2.19. The number of hydrogen-bond acceptors (Lipinski definition) is 6. The summed E-state index contributed by atoms with van der Waals surface area (Å²) in [7, 11) is 3.36. The Balaban J connectivity index is 1.93. The maximum atomic E-state index is 5.30. The van der Waals surface area contributed by atoms with Crippen LogP contribution in [0.15, 0.2) is 60.9 Å². The summed E-state index contributed by atoms with van der Waals surface area (Å²) in [5, 5.41) is 3.45. The van der Waals surface area contributed by atoms with Crippen LogP contribution in [-0.4, -0.2) is 30.7 Å². The van der Waals surface area contributed by atoms with Gasteiger partial charge in [0, 0.05) is 25.5 Å². The zero-order chi connectivity index (χ0) is 21.3. The van der Waals surface area contributed by atoms with E-state index in [1.807, 2.05) is 24.3 Å². The average Bonchev–Trinajstić information content (AvgIpc) is 2.80. The van der Waals surface area contributed by atoms with Crippen molar-refractivity contribution >= 4 is 5.82 Å². The number of hydrogen-bond donors (Lipinski definition) is 1. The van der Waals surface area contributed by atoms with Crippen molar-refractivity contribution in [3.05, 3.63) is 77.7 Å². The number of methoxy groups -OCH3 is 2. The van der Waals surface area contributed by atoms with Crippen LogP contribution in [0.2, 0.25) is 0 Å². The molecule has 0 amide bonds. The number of ether oxygens (including phenoxy) is 2. The lowest BCUT2D eigenvalue weighted by Crippen LogP contribution is -2.28. The predicted octanol–water partition coefficient (Wildman–Crippen LogP) is 4.37. The molecular weight excluding hydrogens is 376 g/mol. The van der Waals surface area contributed by atoms with Crippen LogP contribution < -0.4 is 19.7 Å².